The summed E-state index contributed by atoms with van der Waals surface area (Å²) in [6.45, 7) is 13.7. The molecule has 0 unspecified atom stereocenters. The molecule has 1 aromatic rings. The van der Waals surface area contributed by atoms with Crippen molar-refractivity contribution in [2.45, 2.75) is 125 Å². The maximum absolute atomic E-state index is 2.45. The number of thiophene rings is 1. The molecule has 0 aliphatic heterocycles. The summed E-state index contributed by atoms with van der Waals surface area (Å²) in [6.07, 6.45) is 28.0. The molecule has 0 bridgehead atoms. The highest BCUT2D eigenvalue weighted by molar-refractivity contribution is 7.07. The van der Waals surface area contributed by atoms with Gasteiger partial charge in [0.05, 0.1) is 0 Å². The van der Waals surface area contributed by atoms with Gasteiger partial charge in [-0.25, -0.2) is 0 Å². The molecule has 0 N–H and O–H groups in total. The third kappa shape index (κ3) is 16.9. The van der Waals surface area contributed by atoms with Gasteiger partial charge in [0.1, 0.15) is 0 Å². The summed E-state index contributed by atoms with van der Waals surface area (Å²) < 4.78 is 0. The van der Waals surface area contributed by atoms with Crippen molar-refractivity contribution in [2.75, 3.05) is 0 Å². The predicted molar refractivity (Wildman–Crippen MR) is 158 cm³/mol. The molecular weight excluding hydrogens is 428 g/mol. The number of hydrogen-bond acceptors (Lipinski definition) is 1. The first-order valence-corrected chi connectivity index (χ1v) is 14.6. The Balaban J connectivity index is 2.18. The van der Waals surface area contributed by atoms with Crippen LogP contribution < -0.4 is 0 Å². The van der Waals surface area contributed by atoms with Gasteiger partial charge < -0.3 is 0 Å². The van der Waals surface area contributed by atoms with Crippen LogP contribution in [-0.2, 0) is 6.42 Å². The zero-order valence-corrected chi connectivity index (χ0v) is 24.0. The molecule has 0 aliphatic carbocycles. The highest BCUT2D eigenvalue weighted by Gasteiger charge is 1.96. The van der Waals surface area contributed by atoms with Crippen LogP contribution in [0.3, 0.4) is 0 Å². The van der Waals surface area contributed by atoms with E-state index in [0.29, 0.717) is 0 Å². The second-order valence-corrected chi connectivity index (χ2v) is 11.0. The lowest BCUT2D eigenvalue weighted by molar-refractivity contribution is 0.781. The maximum Gasteiger partial charge on any atom is -0.00611 e. The molecule has 0 nitrogen and oxygen atoms in total. The Hall–Kier alpha value is -1.60. The van der Waals surface area contributed by atoms with Crippen molar-refractivity contribution >= 4 is 11.3 Å². The fourth-order valence-electron chi connectivity index (χ4n) is 4.07. The average molecular weight is 481 g/mol. The van der Waals surface area contributed by atoms with E-state index in [-0.39, 0.29) is 0 Å². The Bertz CT molecular complexity index is 796. The van der Waals surface area contributed by atoms with Gasteiger partial charge >= 0.3 is 0 Å². The fourth-order valence-corrected chi connectivity index (χ4v) is 4.77. The van der Waals surface area contributed by atoms with Crippen LogP contribution in [0.5, 0.6) is 0 Å². The van der Waals surface area contributed by atoms with Crippen LogP contribution in [0.4, 0.5) is 0 Å². The van der Waals surface area contributed by atoms with Gasteiger partial charge in [-0.1, -0.05) is 71.6 Å². The number of aryl methyl sites for hydroxylation is 1. The third-order valence-corrected chi connectivity index (χ3v) is 7.29. The standard InChI is InChI=1S/C33H52S/c1-7-8-14-28(2)15-9-16-29(3)17-10-18-30(4)19-11-20-31(5)21-12-22-32(6)23-13-24-33-25-26-34-27-33/h15,17,19,21,23,25-27H,7-14,16,18,20,22,24H2,1-6H3. The van der Waals surface area contributed by atoms with Gasteiger partial charge in [0, 0.05) is 0 Å². The van der Waals surface area contributed by atoms with Crippen LogP contribution in [0.1, 0.15) is 124 Å². The Morgan fingerprint density at radius 1 is 0.618 bits per heavy atom. The monoisotopic (exact) mass is 480 g/mol. The molecule has 34 heavy (non-hydrogen) atoms. The number of allylic oxidation sites excluding steroid dienone is 10. The van der Waals surface area contributed by atoms with E-state index in [1.807, 2.05) is 0 Å². The zero-order chi connectivity index (χ0) is 25.0. The van der Waals surface area contributed by atoms with Crippen LogP contribution in [0.2, 0.25) is 0 Å². The van der Waals surface area contributed by atoms with Gasteiger partial charge in [0.2, 0.25) is 0 Å². The second-order valence-electron chi connectivity index (χ2n) is 10.2. The molecular formula is C33H52S. The Morgan fingerprint density at radius 3 is 1.41 bits per heavy atom. The summed E-state index contributed by atoms with van der Waals surface area (Å²) in [6, 6.07) is 2.24. The van der Waals surface area contributed by atoms with Crippen molar-refractivity contribution in [3.63, 3.8) is 0 Å². The lowest BCUT2D eigenvalue weighted by Gasteiger charge is -2.04. The van der Waals surface area contributed by atoms with Crippen molar-refractivity contribution < 1.29 is 0 Å². The quantitative estimate of drug-likeness (QED) is 0.183. The fraction of sp³-hybridized carbons (Fsp3) is 0.576. The van der Waals surface area contributed by atoms with Crippen LogP contribution in [0, 0.1) is 0 Å². The maximum atomic E-state index is 2.45. The van der Waals surface area contributed by atoms with Crippen molar-refractivity contribution in [1.29, 1.82) is 0 Å². The number of rotatable bonds is 18. The van der Waals surface area contributed by atoms with Crippen LogP contribution in [0.15, 0.2) is 75.1 Å². The normalized spacial score (nSPS) is 14.2. The predicted octanol–water partition coefficient (Wildman–Crippen LogP) is 11.7. The van der Waals surface area contributed by atoms with Crippen LogP contribution in [-0.4, -0.2) is 0 Å². The lowest BCUT2D eigenvalue weighted by atomic mass is 10.0. The summed E-state index contributed by atoms with van der Waals surface area (Å²) in [4.78, 5) is 0. The van der Waals surface area contributed by atoms with Gasteiger partial charge in [0.15, 0.2) is 0 Å². The highest BCUT2D eigenvalue weighted by Crippen LogP contribution is 2.16. The molecule has 1 heteroatoms. The van der Waals surface area contributed by atoms with Crippen molar-refractivity contribution in [2.24, 2.45) is 0 Å². The lowest BCUT2D eigenvalue weighted by Crippen LogP contribution is -1.84. The third-order valence-electron chi connectivity index (χ3n) is 6.56. The molecule has 0 radical (unpaired) electrons. The van der Waals surface area contributed by atoms with E-state index in [1.165, 1.54) is 106 Å². The first-order valence-electron chi connectivity index (χ1n) is 13.7. The van der Waals surface area contributed by atoms with Crippen molar-refractivity contribution in [3.8, 4) is 0 Å². The summed E-state index contributed by atoms with van der Waals surface area (Å²) in [5, 5.41) is 4.43. The van der Waals surface area contributed by atoms with Crippen molar-refractivity contribution in [1.82, 2.24) is 0 Å². The number of unbranched alkanes of at least 4 members (excludes halogenated alkanes) is 1. The number of hydrogen-bond donors (Lipinski definition) is 0. The smallest absolute Gasteiger partial charge is 0.00611 e. The molecule has 190 valence electrons. The van der Waals surface area contributed by atoms with Crippen molar-refractivity contribution in [3.05, 3.63) is 80.6 Å². The van der Waals surface area contributed by atoms with E-state index in [2.05, 4.69) is 88.7 Å². The molecule has 0 fully saturated rings. The minimum atomic E-state index is 1.17. The van der Waals surface area contributed by atoms with E-state index in [4.69, 9.17) is 0 Å². The first-order chi connectivity index (χ1) is 16.4. The Kier molecular flexibility index (Phi) is 17.6. The zero-order valence-electron chi connectivity index (χ0n) is 23.2. The SMILES string of the molecule is CCCCC(C)=CCCC(C)=CCCC(C)=CCCC(C)=CCCC(C)=CCCc1ccsc1. The molecule has 0 spiro atoms. The topological polar surface area (TPSA) is 0 Å². The Morgan fingerprint density at radius 2 is 1.03 bits per heavy atom. The van der Waals surface area contributed by atoms with E-state index in [1.54, 1.807) is 22.5 Å². The van der Waals surface area contributed by atoms with Crippen LogP contribution >= 0.6 is 11.3 Å². The van der Waals surface area contributed by atoms with Gasteiger partial charge in [-0.3, -0.25) is 0 Å². The highest BCUT2D eigenvalue weighted by atomic mass is 32.1. The van der Waals surface area contributed by atoms with E-state index >= 15 is 0 Å². The molecule has 0 atom stereocenters. The van der Waals surface area contributed by atoms with Gasteiger partial charge in [-0.15, -0.1) is 0 Å². The molecule has 1 heterocycles. The average Bonchev–Trinajstić information content (AvgIpc) is 3.31. The molecule has 0 saturated heterocycles. The Labute approximate surface area is 216 Å². The van der Waals surface area contributed by atoms with E-state index in [9.17, 15) is 0 Å². The molecule has 1 rings (SSSR count). The summed E-state index contributed by atoms with van der Waals surface area (Å²) in [5.41, 5.74) is 9.18. The minimum absolute atomic E-state index is 1.17. The summed E-state index contributed by atoms with van der Waals surface area (Å²) >= 11 is 1.80. The molecule has 0 saturated carbocycles. The first kappa shape index (κ1) is 30.4. The summed E-state index contributed by atoms with van der Waals surface area (Å²) in [5.74, 6) is 0. The second kappa shape index (κ2) is 19.7. The van der Waals surface area contributed by atoms with Gasteiger partial charge in [-0.2, -0.15) is 11.3 Å². The molecule has 0 aromatic carbocycles. The molecule has 0 amide bonds. The molecule has 0 aliphatic rings. The van der Waals surface area contributed by atoms with Crippen LogP contribution in [0.25, 0.3) is 0 Å². The summed E-state index contributed by atoms with van der Waals surface area (Å²) in [7, 11) is 0. The van der Waals surface area contributed by atoms with Gasteiger partial charge in [-0.05, 0) is 134 Å². The van der Waals surface area contributed by atoms with E-state index < -0.39 is 0 Å². The van der Waals surface area contributed by atoms with E-state index in [0.717, 1.165) is 0 Å². The largest absolute Gasteiger partial charge is 0.152 e. The minimum Gasteiger partial charge on any atom is -0.152 e. The molecule has 1 aromatic heterocycles. The van der Waals surface area contributed by atoms with Gasteiger partial charge in [0.25, 0.3) is 0 Å².